The summed E-state index contributed by atoms with van der Waals surface area (Å²) in [4.78, 5) is 28.7. The lowest BCUT2D eigenvalue weighted by Crippen LogP contribution is -2.29. The second-order valence-electron chi connectivity index (χ2n) is 7.98. The van der Waals surface area contributed by atoms with Crippen LogP contribution in [0, 0.1) is 13.8 Å². The highest BCUT2D eigenvalue weighted by Crippen LogP contribution is 2.41. The van der Waals surface area contributed by atoms with E-state index in [9.17, 15) is 14.7 Å². The van der Waals surface area contributed by atoms with Gasteiger partial charge in [-0.3, -0.25) is 9.59 Å². The summed E-state index contributed by atoms with van der Waals surface area (Å²) >= 11 is 0. The summed E-state index contributed by atoms with van der Waals surface area (Å²) in [7, 11) is 1.45. The van der Waals surface area contributed by atoms with E-state index in [1.54, 1.807) is 35.2 Å². The average molecular weight is 431 g/mol. The standard InChI is InChI=1S/C25H21NO6/c1-13-9-14(2)23-17(10-13)22(28)20-21(15-6-7-18(27)19(11-15)30-3)26(25(29)24(20)32-23)12-16-5-4-8-31-16/h4-11,21,27H,12H2,1-3H3. The molecular formula is C25H21NO6. The molecule has 2 aromatic carbocycles. The van der Waals surface area contributed by atoms with Crippen molar-refractivity contribution >= 4 is 16.9 Å². The van der Waals surface area contributed by atoms with Gasteiger partial charge in [-0.2, -0.15) is 0 Å². The van der Waals surface area contributed by atoms with Crippen LogP contribution < -0.4 is 10.2 Å². The van der Waals surface area contributed by atoms with Crippen LogP contribution in [0.5, 0.6) is 11.5 Å². The van der Waals surface area contributed by atoms with E-state index >= 15 is 0 Å². The molecule has 0 fully saturated rings. The van der Waals surface area contributed by atoms with E-state index in [-0.39, 0.29) is 34.8 Å². The van der Waals surface area contributed by atoms with Crippen LogP contribution >= 0.6 is 0 Å². The van der Waals surface area contributed by atoms with Gasteiger partial charge in [-0.15, -0.1) is 0 Å². The van der Waals surface area contributed by atoms with Crippen LogP contribution in [0.25, 0.3) is 11.0 Å². The van der Waals surface area contributed by atoms with Gasteiger partial charge < -0.3 is 23.6 Å². The molecule has 32 heavy (non-hydrogen) atoms. The summed E-state index contributed by atoms with van der Waals surface area (Å²) in [5, 5.41) is 10.5. The van der Waals surface area contributed by atoms with Crippen molar-refractivity contribution in [1.82, 2.24) is 4.90 Å². The summed E-state index contributed by atoms with van der Waals surface area (Å²) in [6, 6.07) is 11.3. The second kappa shape index (κ2) is 7.30. The van der Waals surface area contributed by atoms with E-state index in [0.717, 1.165) is 11.1 Å². The molecule has 3 heterocycles. The third-order valence-electron chi connectivity index (χ3n) is 5.82. The van der Waals surface area contributed by atoms with Crippen LogP contribution in [-0.4, -0.2) is 23.0 Å². The van der Waals surface area contributed by atoms with Crippen molar-refractivity contribution < 1.29 is 23.5 Å². The maximum absolute atomic E-state index is 13.7. The molecule has 1 N–H and O–H groups in total. The lowest BCUT2D eigenvalue weighted by Gasteiger charge is -2.24. The summed E-state index contributed by atoms with van der Waals surface area (Å²) in [5.41, 5.74) is 2.78. The highest BCUT2D eigenvalue weighted by atomic mass is 16.5. The highest BCUT2D eigenvalue weighted by Gasteiger charge is 2.43. The number of amides is 1. The molecule has 0 spiro atoms. The Kier molecular flexibility index (Phi) is 4.55. The molecule has 5 rings (SSSR count). The number of benzene rings is 2. The van der Waals surface area contributed by atoms with Gasteiger partial charge >= 0.3 is 0 Å². The monoisotopic (exact) mass is 431 g/mol. The summed E-state index contributed by atoms with van der Waals surface area (Å²) < 4.78 is 16.8. The number of aryl methyl sites for hydroxylation is 2. The number of furan rings is 1. The van der Waals surface area contributed by atoms with Gasteiger partial charge in [-0.25, -0.2) is 0 Å². The fourth-order valence-corrected chi connectivity index (χ4v) is 4.42. The van der Waals surface area contributed by atoms with Gasteiger partial charge in [0.1, 0.15) is 11.3 Å². The van der Waals surface area contributed by atoms with E-state index in [4.69, 9.17) is 13.6 Å². The first-order valence-electron chi connectivity index (χ1n) is 10.2. The second-order valence-corrected chi connectivity index (χ2v) is 7.98. The van der Waals surface area contributed by atoms with Gasteiger partial charge in [0.15, 0.2) is 16.9 Å². The van der Waals surface area contributed by atoms with Crippen molar-refractivity contribution in [2.45, 2.75) is 26.4 Å². The first-order chi connectivity index (χ1) is 15.4. The van der Waals surface area contributed by atoms with Gasteiger partial charge in [-0.1, -0.05) is 12.1 Å². The van der Waals surface area contributed by atoms with Crippen molar-refractivity contribution in [3.63, 3.8) is 0 Å². The van der Waals surface area contributed by atoms with Crippen molar-refractivity contribution in [3.8, 4) is 11.5 Å². The lowest BCUT2D eigenvalue weighted by molar-refractivity contribution is 0.0701. The van der Waals surface area contributed by atoms with Gasteiger partial charge in [0.25, 0.3) is 5.91 Å². The quantitative estimate of drug-likeness (QED) is 0.513. The van der Waals surface area contributed by atoms with Crippen LogP contribution in [0.2, 0.25) is 0 Å². The van der Waals surface area contributed by atoms with E-state index in [1.807, 2.05) is 19.9 Å². The lowest BCUT2D eigenvalue weighted by atomic mass is 9.97. The number of ether oxygens (including phenoxy) is 1. The number of carbonyl (C=O) groups excluding carboxylic acids is 1. The SMILES string of the molecule is COc1cc(C2c3c(oc4c(C)cc(C)cc4c3=O)C(=O)N2Cc2ccco2)ccc1O. The minimum absolute atomic E-state index is 0.0260. The third-order valence-corrected chi connectivity index (χ3v) is 5.82. The molecule has 7 heteroatoms. The first-order valence-corrected chi connectivity index (χ1v) is 10.2. The van der Waals surface area contributed by atoms with Gasteiger partial charge in [0.05, 0.1) is 36.9 Å². The number of rotatable bonds is 4. The third kappa shape index (κ3) is 2.97. The summed E-state index contributed by atoms with van der Waals surface area (Å²) in [6.45, 7) is 3.92. The molecule has 4 aromatic rings. The van der Waals surface area contributed by atoms with Crippen molar-refractivity contribution in [3.05, 3.63) is 92.7 Å². The first kappa shape index (κ1) is 19.9. The number of hydrogen-bond donors (Lipinski definition) is 1. The number of carbonyl (C=O) groups is 1. The van der Waals surface area contributed by atoms with Gasteiger partial charge in [0.2, 0.25) is 5.76 Å². The van der Waals surface area contributed by atoms with Crippen LogP contribution in [-0.2, 0) is 6.54 Å². The molecule has 1 unspecified atom stereocenters. The Morgan fingerprint density at radius 3 is 2.66 bits per heavy atom. The van der Waals surface area contributed by atoms with Crippen LogP contribution in [0.4, 0.5) is 0 Å². The summed E-state index contributed by atoms with van der Waals surface area (Å²) in [6.07, 6.45) is 1.53. The fourth-order valence-electron chi connectivity index (χ4n) is 4.42. The van der Waals surface area contributed by atoms with Crippen molar-refractivity contribution in [2.75, 3.05) is 7.11 Å². The fraction of sp³-hybridized carbons (Fsp3) is 0.200. The normalized spacial score (nSPS) is 15.4. The van der Waals surface area contributed by atoms with E-state index in [2.05, 4.69) is 0 Å². The molecule has 0 radical (unpaired) electrons. The van der Waals surface area contributed by atoms with Crippen LogP contribution in [0.15, 0.2) is 62.4 Å². The van der Waals surface area contributed by atoms with Crippen LogP contribution in [0.3, 0.4) is 0 Å². The maximum atomic E-state index is 13.7. The zero-order valence-electron chi connectivity index (χ0n) is 17.8. The molecule has 1 amide bonds. The number of aromatic hydroxyl groups is 1. The Hall–Kier alpha value is -4.00. The Bertz CT molecular complexity index is 1420. The Morgan fingerprint density at radius 2 is 1.94 bits per heavy atom. The average Bonchev–Trinajstić information content (AvgIpc) is 3.37. The van der Waals surface area contributed by atoms with Crippen LogP contribution in [0.1, 0.15) is 44.6 Å². The van der Waals surface area contributed by atoms with Gasteiger partial charge in [0, 0.05) is 0 Å². The predicted octanol–water partition coefficient (Wildman–Crippen LogP) is 4.46. The molecule has 0 saturated carbocycles. The molecule has 2 aromatic heterocycles. The molecule has 0 bridgehead atoms. The van der Waals surface area contributed by atoms with Crippen molar-refractivity contribution in [2.24, 2.45) is 0 Å². The van der Waals surface area contributed by atoms with E-state index < -0.39 is 11.9 Å². The Labute approximate surface area is 183 Å². The zero-order chi connectivity index (χ0) is 22.6. The molecule has 162 valence electrons. The molecule has 1 atom stereocenters. The number of phenols is 1. The van der Waals surface area contributed by atoms with Crippen molar-refractivity contribution in [1.29, 1.82) is 0 Å². The Balaban J connectivity index is 1.78. The largest absolute Gasteiger partial charge is 0.504 e. The number of methoxy groups -OCH3 is 1. The number of fused-ring (bicyclic) bond motifs is 2. The maximum Gasteiger partial charge on any atom is 0.291 e. The minimum atomic E-state index is -0.724. The topological polar surface area (TPSA) is 93.1 Å². The smallest absolute Gasteiger partial charge is 0.291 e. The highest BCUT2D eigenvalue weighted by molar-refractivity contribution is 5.99. The Morgan fingerprint density at radius 1 is 1.12 bits per heavy atom. The zero-order valence-corrected chi connectivity index (χ0v) is 17.8. The molecule has 7 nitrogen and oxygen atoms in total. The molecule has 1 aliphatic rings. The number of nitrogens with zero attached hydrogens (tertiary/aromatic N) is 1. The van der Waals surface area contributed by atoms with E-state index in [0.29, 0.717) is 22.3 Å². The van der Waals surface area contributed by atoms with E-state index in [1.165, 1.54) is 19.4 Å². The molecule has 0 saturated heterocycles. The van der Waals surface area contributed by atoms with Gasteiger partial charge in [-0.05, 0) is 60.9 Å². The summed E-state index contributed by atoms with van der Waals surface area (Å²) in [5.74, 6) is 0.421. The minimum Gasteiger partial charge on any atom is -0.504 e. The molecule has 0 aliphatic carbocycles. The molecule has 1 aliphatic heterocycles. The predicted molar refractivity (Wildman–Crippen MR) is 117 cm³/mol. The molecular weight excluding hydrogens is 410 g/mol. The number of phenolic OH excluding ortho intramolecular Hbond substituents is 1. The number of hydrogen-bond acceptors (Lipinski definition) is 6.